The average molecular weight is 333 g/mol. The Bertz CT molecular complexity index is 596. The molecule has 0 aliphatic carbocycles. The van der Waals surface area contributed by atoms with Crippen LogP contribution in [0.1, 0.15) is 49.1 Å². The Morgan fingerprint density at radius 3 is 3.00 bits per heavy atom. The van der Waals surface area contributed by atoms with Crippen molar-refractivity contribution in [1.82, 2.24) is 9.88 Å². The summed E-state index contributed by atoms with van der Waals surface area (Å²) in [5.74, 6) is 0.0672. The number of nitriles is 1. The molecule has 3 heterocycles. The highest BCUT2D eigenvalue weighted by Crippen LogP contribution is 2.38. The summed E-state index contributed by atoms with van der Waals surface area (Å²) < 4.78 is 6.04. The van der Waals surface area contributed by atoms with Crippen molar-refractivity contribution in [2.24, 2.45) is 0 Å². The van der Waals surface area contributed by atoms with Crippen molar-refractivity contribution in [2.45, 2.75) is 63.5 Å². The fourth-order valence-corrected chi connectivity index (χ4v) is 4.55. The van der Waals surface area contributed by atoms with Gasteiger partial charge >= 0.3 is 0 Å². The van der Waals surface area contributed by atoms with Crippen LogP contribution in [0.4, 0.5) is 0 Å². The van der Waals surface area contributed by atoms with Gasteiger partial charge < -0.3 is 9.64 Å². The molecule has 23 heavy (non-hydrogen) atoms. The number of carbonyl (C=O) groups is 1. The minimum Gasteiger partial charge on any atom is -0.372 e. The molecule has 5 nitrogen and oxygen atoms in total. The summed E-state index contributed by atoms with van der Waals surface area (Å²) in [6.07, 6.45) is 5.99. The van der Waals surface area contributed by atoms with Gasteiger partial charge in [0.05, 0.1) is 17.3 Å². The molecule has 0 bridgehead atoms. The number of thiazole rings is 1. The van der Waals surface area contributed by atoms with Gasteiger partial charge in [-0.15, -0.1) is 11.3 Å². The van der Waals surface area contributed by atoms with Crippen LogP contribution >= 0.6 is 11.3 Å². The molecule has 124 valence electrons. The van der Waals surface area contributed by atoms with E-state index in [1.807, 2.05) is 12.4 Å². The Balaban J connectivity index is 1.69. The molecule has 0 aromatic carbocycles. The molecule has 2 aliphatic rings. The number of carbonyl (C=O) groups excluding carboxylic acids is 1. The standard InChI is InChI=1S/C17H23N3O2S/c1-13-14(23-12-19-13)5-6-16(21)20-9-4-8-17(15(20)11-18)7-2-3-10-22-17/h12,15H,2-10H2,1H3. The summed E-state index contributed by atoms with van der Waals surface area (Å²) in [6.45, 7) is 3.35. The van der Waals surface area contributed by atoms with Crippen molar-refractivity contribution in [3.05, 3.63) is 16.1 Å². The van der Waals surface area contributed by atoms with Gasteiger partial charge in [-0.05, 0) is 45.4 Å². The van der Waals surface area contributed by atoms with E-state index in [1.54, 1.807) is 16.2 Å². The van der Waals surface area contributed by atoms with Crippen LogP contribution in [0.3, 0.4) is 0 Å². The summed E-state index contributed by atoms with van der Waals surface area (Å²) in [5, 5.41) is 9.69. The molecule has 2 atom stereocenters. The zero-order valence-electron chi connectivity index (χ0n) is 13.6. The van der Waals surface area contributed by atoms with E-state index in [2.05, 4.69) is 11.1 Å². The molecule has 0 saturated carbocycles. The number of hydrogen-bond donors (Lipinski definition) is 0. The van der Waals surface area contributed by atoms with Gasteiger partial charge in [0.2, 0.25) is 5.91 Å². The summed E-state index contributed by atoms with van der Waals surface area (Å²) in [6, 6.07) is 1.93. The molecule has 1 spiro atoms. The van der Waals surface area contributed by atoms with Gasteiger partial charge in [0.1, 0.15) is 11.6 Å². The Labute approximate surface area is 141 Å². The van der Waals surface area contributed by atoms with E-state index in [4.69, 9.17) is 4.74 Å². The molecule has 2 fully saturated rings. The number of piperidine rings is 1. The largest absolute Gasteiger partial charge is 0.372 e. The number of aryl methyl sites for hydroxylation is 2. The van der Waals surface area contributed by atoms with Crippen LogP contribution in [0.5, 0.6) is 0 Å². The topological polar surface area (TPSA) is 66.2 Å². The highest BCUT2D eigenvalue weighted by atomic mass is 32.1. The summed E-state index contributed by atoms with van der Waals surface area (Å²) >= 11 is 1.59. The second-order valence-corrected chi connectivity index (χ2v) is 7.39. The van der Waals surface area contributed by atoms with Crippen molar-refractivity contribution in [3.63, 3.8) is 0 Å². The van der Waals surface area contributed by atoms with Crippen LogP contribution < -0.4 is 0 Å². The predicted octanol–water partition coefficient (Wildman–Crippen LogP) is 2.84. The minimum atomic E-state index is -0.438. The fraction of sp³-hybridized carbons (Fsp3) is 0.706. The molecule has 6 heteroatoms. The summed E-state index contributed by atoms with van der Waals surface area (Å²) in [5.41, 5.74) is 2.39. The minimum absolute atomic E-state index is 0.0672. The van der Waals surface area contributed by atoms with Gasteiger partial charge in [0.15, 0.2) is 0 Å². The summed E-state index contributed by atoms with van der Waals surface area (Å²) in [4.78, 5) is 19.9. The normalized spacial score (nSPS) is 27.8. The molecule has 3 rings (SSSR count). The first-order valence-corrected chi connectivity index (χ1v) is 9.26. The molecule has 2 aliphatic heterocycles. The van der Waals surface area contributed by atoms with Crippen LogP contribution in [0.2, 0.25) is 0 Å². The summed E-state index contributed by atoms with van der Waals surface area (Å²) in [7, 11) is 0. The quantitative estimate of drug-likeness (QED) is 0.853. The van der Waals surface area contributed by atoms with Crippen molar-refractivity contribution in [1.29, 1.82) is 5.26 Å². The average Bonchev–Trinajstić information content (AvgIpc) is 2.98. The lowest BCUT2D eigenvalue weighted by Crippen LogP contribution is -2.60. The van der Waals surface area contributed by atoms with Gasteiger partial charge in [-0.3, -0.25) is 4.79 Å². The number of amides is 1. The maximum absolute atomic E-state index is 12.7. The zero-order valence-corrected chi connectivity index (χ0v) is 14.4. The number of ether oxygens (including phenoxy) is 1. The molecule has 2 unspecified atom stereocenters. The van der Waals surface area contributed by atoms with Crippen LogP contribution in [-0.2, 0) is 16.0 Å². The van der Waals surface area contributed by atoms with E-state index in [9.17, 15) is 10.1 Å². The highest BCUT2D eigenvalue weighted by molar-refractivity contribution is 7.09. The Morgan fingerprint density at radius 1 is 1.52 bits per heavy atom. The number of rotatable bonds is 3. The van der Waals surface area contributed by atoms with Gasteiger partial charge in [-0.2, -0.15) is 5.26 Å². The van der Waals surface area contributed by atoms with Crippen LogP contribution in [-0.4, -0.2) is 40.6 Å². The van der Waals surface area contributed by atoms with Crippen molar-refractivity contribution in [3.8, 4) is 6.07 Å². The van der Waals surface area contributed by atoms with E-state index >= 15 is 0 Å². The number of aromatic nitrogens is 1. The van der Waals surface area contributed by atoms with Crippen molar-refractivity contribution < 1.29 is 9.53 Å². The third kappa shape index (κ3) is 3.26. The smallest absolute Gasteiger partial charge is 0.224 e. The van der Waals surface area contributed by atoms with Gasteiger partial charge in [0.25, 0.3) is 0 Å². The Morgan fingerprint density at radius 2 is 2.35 bits per heavy atom. The predicted molar refractivity (Wildman–Crippen MR) is 88.1 cm³/mol. The Kier molecular flexibility index (Phi) is 4.98. The molecule has 0 N–H and O–H groups in total. The van der Waals surface area contributed by atoms with Crippen LogP contribution in [0.25, 0.3) is 0 Å². The molecular weight excluding hydrogens is 310 g/mol. The van der Waals surface area contributed by atoms with E-state index in [0.29, 0.717) is 26.0 Å². The number of hydrogen-bond acceptors (Lipinski definition) is 5. The highest BCUT2D eigenvalue weighted by Gasteiger charge is 2.48. The van der Waals surface area contributed by atoms with E-state index < -0.39 is 11.6 Å². The SMILES string of the molecule is Cc1ncsc1CCC(=O)N1CCCC2(CCCCO2)C1C#N. The van der Waals surface area contributed by atoms with Crippen LogP contribution in [0, 0.1) is 18.3 Å². The van der Waals surface area contributed by atoms with Crippen LogP contribution in [0.15, 0.2) is 5.51 Å². The maximum atomic E-state index is 12.7. The number of nitrogens with zero attached hydrogens (tertiary/aromatic N) is 3. The lowest BCUT2D eigenvalue weighted by molar-refractivity contribution is -0.159. The van der Waals surface area contributed by atoms with Gasteiger partial charge in [0, 0.05) is 24.4 Å². The van der Waals surface area contributed by atoms with E-state index in [1.165, 1.54) is 0 Å². The Hall–Kier alpha value is -1.45. The van der Waals surface area contributed by atoms with E-state index in [-0.39, 0.29) is 5.91 Å². The lowest BCUT2D eigenvalue weighted by Gasteiger charge is -2.48. The first-order chi connectivity index (χ1) is 11.2. The third-order valence-corrected chi connectivity index (χ3v) is 6.04. The van der Waals surface area contributed by atoms with Crippen molar-refractivity contribution >= 4 is 17.2 Å². The zero-order chi connectivity index (χ0) is 16.3. The fourth-order valence-electron chi connectivity index (χ4n) is 3.77. The molecular formula is C17H23N3O2S. The molecule has 2 saturated heterocycles. The molecule has 1 aromatic heterocycles. The third-order valence-electron chi connectivity index (χ3n) is 5.05. The van der Waals surface area contributed by atoms with E-state index in [0.717, 1.165) is 42.7 Å². The second-order valence-electron chi connectivity index (χ2n) is 6.45. The first-order valence-electron chi connectivity index (χ1n) is 8.38. The number of likely N-dealkylation sites (tertiary alicyclic amines) is 1. The maximum Gasteiger partial charge on any atom is 0.224 e. The first kappa shape index (κ1) is 16.4. The molecule has 0 radical (unpaired) electrons. The lowest BCUT2D eigenvalue weighted by atomic mass is 9.79. The van der Waals surface area contributed by atoms with Gasteiger partial charge in [-0.25, -0.2) is 4.98 Å². The second kappa shape index (κ2) is 6.98. The van der Waals surface area contributed by atoms with Gasteiger partial charge in [-0.1, -0.05) is 0 Å². The monoisotopic (exact) mass is 333 g/mol. The molecule has 1 amide bonds. The van der Waals surface area contributed by atoms with Crippen molar-refractivity contribution in [2.75, 3.05) is 13.2 Å². The molecule has 1 aromatic rings.